The molecule has 1 unspecified atom stereocenters. The predicted molar refractivity (Wildman–Crippen MR) is 145 cm³/mol. The lowest BCUT2D eigenvalue weighted by molar-refractivity contribution is -0.114. The molecule has 188 valence electrons. The second kappa shape index (κ2) is 10.2. The summed E-state index contributed by atoms with van der Waals surface area (Å²) in [4.78, 5) is 27.6. The fourth-order valence-electron chi connectivity index (χ4n) is 3.86. The van der Waals surface area contributed by atoms with Crippen molar-refractivity contribution in [2.75, 3.05) is 7.11 Å². The van der Waals surface area contributed by atoms with Crippen molar-refractivity contribution in [1.29, 1.82) is 0 Å². The second-order valence-corrected chi connectivity index (χ2v) is 16.0. The van der Waals surface area contributed by atoms with Crippen LogP contribution in [0.15, 0.2) is 58.2 Å². The number of Topliss-reactive ketones (excluding diaryl/α,β-unsaturated/α-hetero) is 1. The number of carbonyl (C=O) groups excluding carboxylic acids is 2. The number of halogens is 1. The summed E-state index contributed by atoms with van der Waals surface area (Å²) in [5.74, 6) is 1.10. The first-order chi connectivity index (χ1) is 16.3. The number of hydrogen-bond acceptors (Lipinski definition) is 4. The van der Waals surface area contributed by atoms with Crippen molar-refractivity contribution in [3.63, 3.8) is 0 Å². The monoisotopic (exact) mass is 558 g/mol. The van der Waals surface area contributed by atoms with Crippen molar-refractivity contribution in [2.45, 2.75) is 65.3 Å². The summed E-state index contributed by atoms with van der Waals surface area (Å²) in [6.45, 7) is 14.6. The molecule has 0 fully saturated rings. The fourth-order valence-corrected chi connectivity index (χ4v) is 5.58. The molecule has 35 heavy (non-hydrogen) atoms. The first kappa shape index (κ1) is 27.0. The number of allylic oxidation sites excluding steroid dienone is 1. The Balaban J connectivity index is 2.04. The zero-order valence-corrected chi connectivity index (χ0v) is 24.4. The van der Waals surface area contributed by atoms with Crippen molar-refractivity contribution in [3.8, 4) is 11.5 Å². The van der Waals surface area contributed by atoms with Crippen molar-refractivity contribution in [3.05, 3.63) is 69.3 Å². The number of nitrogens with zero attached hydrogens (tertiary/aromatic N) is 1. The van der Waals surface area contributed by atoms with Crippen LogP contribution in [0.3, 0.4) is 0 Å². The third-order valence-corrected chi connectivity index (χ3v) is 11.8. The first-order valence-electron chi connectivity index (χ1n) is 11.7. The van der Waals surface area contributed by atoms with Gasteiger partial charge in [-0.25, -0.2) is 4.79 Å². The quantitative estimate of drug-likeness (QED) is 0.372. The van der Waals surface area contributed by atoms with Gasteiger partial charge >= 0.3 is 6.03 Å². The molecule has 1 aliphatic rings. The lowest BCUT2D eigenvalue weighted by atomic mass is 9.92. The Kier molecular flexibility index (Phi) is 7.86. The number of benzene rings is 2. The van der Waals surface area contributed by atoms with Crippen molar-refractivity contribution in [2.24, 2.45) is 0 Å². The number of ketones is 1. The molecule has 0 aromatic heterocycles. The van der Waals surface area contributed by atoms with Gasteiger partial charge in [0.2, 0.25) is 0 Å². The molecule has 2 aromatic carbocycles. The van der Waals surface area contributed by atoms with Crippen LogP contribution in [0.4, 0.5) is 4.79 Å². The van der Waals surface area contributed by atoms with Crippen LogP contribution >= 0.6 is 15.9 Å². The van der Waals surface area contributed by atoms with Gasteiger partial charge in [-0.2, -0.15) is 0 Å². The van der Waals surface area contributed by atoms with Gasteiger partial charge < -0.3 is 14.5 Å². The molecule has 0 spiro atoms. The highest BCUT2D eigenvalue weighted by molar-refractivity contribution is 9.10. The Hall–Kier alpha value is -2.58. The molecular weight excluding hydrogens is 524 g/mol. The van der Waals surface area contributed by atoms with E-state index in [4.69, 9.17) is 9.16 Å². The maximum Gasteiger partial charge on any atom is 0.322 e. The number of urea groups is 1. The van der Waals surface area contributed by atoms with E-state index in [1.807, 2.05) is 49.4 Å². The maximum absolute atomic E-state index is 13.2. The molecule has 0 aliphatic carbocycles. The topological polar surface area (TPSA) is 67.9 Å². The van der Waals surface area contributed by atoms with Crippen LogP contribution in [0, 0.1) is 0 Å². The Morgan fingerprint density at radius 1 is 1.17 bits per heavy atom. The van der Waals surface area contributed by atoms with Crippen LogP contribution in [0.2, 0.25) is 18.1 Å². The van der Waals surface area contributed by atoms with Gasteiger partial charge in [0.15, 0.2) is 17.3 Å². The largest absolute Gasteiger partial charge is 0.540 e. The minimum absolute atomic E-state index is 0.0112. The van der Waals surface area contributed by atoms with Gasteiger partial charge in [0.05, 0.1) is 24.2 Å². The first-order valence-corrected chi connectivity index (χ1v) is 15.4. The third kappa shape index (κ3) is 5.64. The van der Waals surface area contributed by atoms with Crippen molar-refractivity contribution >= 4 is 36.1 Å². The molecule has 6 nitrogen and oxygen atoms in total. The van der Waals surface area contributed by atoms with Gasteiger partial charge in [0, 0.05) is 11.3 Å². The third-order valence-electron chi connectivity index (χ3n) is 6.91. The molecule has 8 heteroatoms. The number of nitrogens with one attached hydrogen (secondary N) is 1. The van der Waals surface area contributed by atoms with Gasteiger partial charge in [-0.3, -0.25) is 9.69 Å². The highest BCUT2D eigenvalue weighted by Crippen LogP contribution is 2.45. The maximum atomic E-state index is 13.2. The smallest absolute Gasteiger partial charge is 0.322 e. The summed E-state index contributed by atoms with van der Waals surface area (Å²) in [5, 5.41) is 3.05. The molecule has 1 N–H and O–H groups in total. The molecule has 1 atom stereocenters. The number of methoxy groups -OCH3 is 1. The van der Waals surface area contributed by atoms with Crippen LogP contribution in [0.5, 0.6) is 11.5 Å². The summed E-state index contributed by atoms with van der Waals surface area (Å²) < 4.78 is 13.0. The van der Waals surface area contributed by atoms with E-state index in [2.05, 4.69) is 55.1 Å². The number of amides is 2. The molecule has 0 bridgehead atoms. The number of rotatable bonds is 7. The van der Waals surface area contributed by atoms with Gasteiger partial charge in [-0.15, -0.1) is 0 Å². The minimum Gasteiger partial charge on any atom is -0.540 e. The second-order valence-electron chi connectivity index (χ2n) is 10.4. The SMILES string of the molecule is COc1cc(C2NC(=O)N(Cc3ccccc3)C(C)=C2C(C)=O)cc(Br)c1O[Si](C)(C)C(C)(C)C. The van der Waals surface area contributed by atoms with E-state index < -0.39 is 14.4 Å². The highest BCUT2D eigenvalue weighted by Gasteiger charge is 2.40. The van der Waals surface area contributed by atoms with Crippen molar-refractivity contribution < 1.29 is 18.8 Å². The van der Waals surface area contributed by atoms with E-state index in [1.54, 1.807) is 12.0 Å². The van der Waals surface area contributed by atoms with Crippen LogP contribution < -0.4 is 14.5 Å². The molecule has 3 rings (SSSR count). The Morgan fingerprint density at radius 2 is 1.80 bits per heavy atom. The normalized spacial score (nSPS) is 16.8. The summed E-state index contributed by atoms with van der Waals surface area (Å²) in [6, 6.07) is 12.6. The van der Waals surface area contributed by atoms with Gasteiger partial charge in [-0.05, 0) is 71.2 Å². The molecule has 0 radical (unpaired) electrons. The highest BCUT2D eigenvalue weighted by atomic mass is 79.9. The Bertz CT molecular complexity index is 1160. The van der Waals surface area contributed by atoms with Crippen LogP contribution in [-0.2, 0) is 11.3 Å². The van der Waals surface area contributed by atoms with Gasteiger partial charge in [0.25, 0.3) is 8.32 Å². The van der Waals surface area contributed by atoms with Crippen LogP contribution in [-0.4, -0.2) is 32.1 Å². The van der Waals surface area contributed by atoms with E-state index >= 15 is 0 Å². The summed E-state index contributed by atoms with van der Waals surface area (Å²) >= 11 is 3.66. The zero-order valence-electron chi connectivity index (χ0n) is 21.8. The molecule has 1 heterocycles. The molecule has 0 saturated carbocycles. The number of hydrogen-bond donors (Lipinski definition) is 1. The van der Waals surface area contributed by atoms with Crippen LogP contribution in [0.25, 0.3) is 0 Å². The minimum atomic E-state index is -2.13. The van der Waals surface area contributed by atoms with E-state index in [-0.39, 0.29) is 16.9 Å². The fraction of sp³-hybridized carbons (Fsp3) is 0.407. The van der Waals surface area contributed by atoms with Crippen LogP contribution in [0.1, 0.15) is 51.8 Å². The molecule has 0 saturated heterocycles. The van der Waals surface area contributed by atoms with Gasteiger partial charge in [-0.1, -0.05) is 51.1 Å². The number of carbonyl (C=O) groups is 2. The van der Waals surface area contributed by atoms with E-state index in [9.17, 15) is 9.59 Å². The van der Waals surface area contributed by atoms with Gasteiger partial charge in [0.1, 0.15) is 0 Å². The number of ether oxygens (including phenoxy) is 1. The summed E-state index contributed by atoms with van der Waals surface area (Å²) in [6.07, 6.45) is 0. The average molecular weight is 560 g/mol. The van der Waals surface area contributed by atoms with E-state index in [0.29, 0.717) is 29.3 Å². The predicted octanol–water partition coefficient (Wildman–Crippen LogP) is 6.97. The van der Waals surface area contributed by atoms with Crippen molar-refractivity contribution in [1.82, 2.24) is 10.2 Å². The molecule has 2 aromatic rings. The Morgan fingerprint density at radius 3 is 2.34 bits per heavy atom. The molecule has 2 amide bonds. The van der Waals surface area contributed by atoms with E-state index in [1.165, 1.54) is 6.92 Å². The lowest BCUT2D eigenvalue weighted by Gasteiger charge is -2.38. The average Bonchev–Trinajstić information content (AvgIpc) is 2.77. The summed E-state index contributed by atoms with van der Waals surface area (Å²) in [7, 11) is -0.536. The lowest BCUT2D eigenvalue weighted by Crippen LogP contribution is -2.47. The standard InChI is InChI=1S/C27H35BrN2O4Si/c1-17-23(18(2)31)24(29-26(32)30(17)16-19-12-10-9-11-13-19)20-14-21(28)25(22(15-20)33-6)34-35(7,8)27(3,4)5/h9-15,24H,16H2,1-8H3,(H,29,32). The summed E-state index contributed by atoms with van der Waals surface area (Å²) in [5.41, 5.74) is 2.92. The zero-order chi connectivity index (χ0) is 26.1. The van der Waals surface area contributed by atoms with E-state index in [0.717, 1.165) is 15.6 Å². The Labute approximate surface area is 217 Å². The molecular formula is C27H35BrN2O4Si. The molecule has 1 aliphatic heterocycles.